The second kappa shape index (κ2) is 8.60. The van der Waals surface area contributed by atoms with Crippen LogP contribution in [0.1, 0.15) is 19.5 Å². The van der Waals surface area contributed by atoms with Crippen LogP contribution in [-0.2, 0) is 17.1 Å². The van der Waals surface area contributed by atoms with Crippen molar-refractivity contribution in [2.45, 2.75) is 25.7 Å². The van der Waals surface area contributed by atoms with Gasteiger partial charge in [-0.3, -0.25) is 4.68 Å². The van der Waals surface area contributed by atoms with Crippen LogP contribution in [0.4, 0.5) is 11.5 Å². The summed E-state index contributed by atoms with van der Waals surface area (Å²) in [7, 11) is -1.91. The molecule has 4 aromatic rings. The third kappa shape index (κ3) is 4.32. The van der Waals surface area contributed by atoms with Crippen molar-refractivity contribution in [3.63, 3.8) is 0 Å². The molecular formula is C21H24N6O2S. The first kappa shape index (κ1) is 21.4. The van der Waals surface area contributed by atoms with Gasteiger partial charge < -0.3 is 5.32 Å². The second-order valence-electron chi connectivity index (χ2n) is 6.36. The first-order valence-electron chi connectivity index (χ1n) is 9.49. The Hall–Kier alpha value is -3.30. The fourth-order valence-corrected chi connectivity index (χ4v) is 3.52. The SMILES string of the molecule is CC.Cc1nn(C)c2c(Nc3ccc(S(N)(=O)=O)cc3)nc(-c3ccccc3)nc12. The van der Waals surface area contributed by atoms with Crippen molar-refractivity contribution in [1.82, 2.24) is 19.7 Å². The van der Waals surface area contributed by atoms with Gasteiger partial charge in [0.25, 0.3) is 0 Å². The Labute approximate surface area is 175 Å². The third-order valence-corrected chi connectivity index (χ3v) is 5.26. The summed E-state index contributed by atoms with van der Waals surface area (Å²) in [4.78, 5) is 9.42. The zero-order chi connectivity index (χ0) is 21.9. The molecule has 0 aliphatic heterocycles. The number of sulfonamides is 1. The minimum Gasteiger partial charge on any atom is -0.338 e. The molecule has 0 fully saturated rings. The van der Waals surface area contributed by atoms with Crippen LogP contribution in [0.2, 0.25) is 0 Å². The number of nitrogens with two attached hydrogens (primary N) is 1. The van der Waals surface area contributed by atoms with Crippen molar-refractivity contribution in [2.75, 3.05) is 5.32 Å². The Balaban J connectivity index is 0.00000124. The van der Waals surface area contributed by atoms with E-state index in [1.807, 2.05) is 58.2 Å². The van der Waals surface area contributed by atoms with Gasteiger partial charge in [-0.05, 0) is 31.2 Å². The minimum atomic E-state index is -3.74. The lowest BCUT2D eigenvalue weighted by atomic mass is 10.2. The molecule has 0 saturated carbocycles. The molecule has 3 N–H and O–H groups in total. The molecule has 30 heavy (non-hydrogen) atoms. The highest BCUT2D eigenvalue weighted by Gasteiger charge is 2.16. The number of primary sulfonamides is 1. The summed E-state index contributed by atoms with van der Waals surface area (Å²) in [5.74, 6) is 1.16. The molecule has 0 spiro atoms. The first-order valence-corrected chi connectivity index (χ1v) is 11.0. The molecule has 0 bridgehead atoms. The molecule has 2 aromatic heterocycles. The van der Waals surface area contributed by atoms with Crippen molar-refractivity contribution in [3.8, 4) is 11.4 Å². The molecule has 0 radical (unpaired) electrons. The maximum atomic E-state index is 11.5. The number of rotatable bonds is 4. The number of hydrogen-bond donors (Lipinski definition) is 2. The lowest BCUT2D eigenvalue weighted by molar-refractivity contribution is 0.598. The number of anilines is 2. The summed E-state index contributed by atoms with van der Waals surface area (Å²) in [6.07, 6.45) is 0. The van der Waals surface area contributed by atoms with Gasteiger partial charge in [0.05, 0.1) is 10.6 Å². The highest BCUT2D eigenvalue weighted by molar-refractivity contribution is 7.89. The number of aromatic nitrogens is 4. The van der Waals surface area contributed by atoms with E-state index in [4.69, 9.17) is 5.14 Å². The summed E-state index contributed by atoms with van der Waals surface area (Å²) in [5.41, 5.74) is 3.86. The van der Waals surface area contributed by atoms with Crippen LogP contribution in [0.15, 0.2) is 59.5 Å². The summed E-state index contributed by atoms with van der Waals surface area (Å²) >= 11 is 0. The number of hydrogen-bond acceptors (Lipinski definition) is 6. The molecule has 0 amide bonds. The van der Waals surface area contributed by atoms with Crippen LogP contribution in [-0.4, -0.2) is 28.2 Å². The number of aryl methyl sites for hydroxylation is 2. The Morgan fingerprint density at radius 3 is 2.20 bits per heavy atom. The molecule has 0 aliphatic rings. The molecule has 8 nitrogen and oxygen atoms in total. The average molecular weight is 425 g/mol. The lowest BCUT2D eigenvalue weighted by Gasteiger charge is -2.10. The molecule has 0 unspecified atom stereocenters. The standard InChI is InChI=1S/C19H18N6O2S.C2H6/c1-12-16-17(25(2)24-12)19(23-18(22-16)13-6-4-3-5-7-13)21-14-8-10-15(11-9-14)28(20,26)27;1-2/h3-11H,1-2H3,(H2,20,26,27)(H,21,22,23);1-2H3. The van der Waals surface area contributed by atoms with E-state index >= 15 is 0 Å². The number of nitrogens with one attached hydrogen (secondary N) is 1. The van der Waals surface area contributed by atoms with Crippen molar-refractivity contribution < 1.29 is 8.42 Å². The van der Waals surface area contributed by atoms with Gasteiger partial charge in [-0.2, -0.15) is 5.10 Å². The Morgan fingerprint density at radius 2 is 1.60 bits per heavy atom. The molecule has 156 valence electrons. The molecule has 0 saturated heterocycles. The van der Waals surface area contributed by atoms with Gasteiger partial charge in [-0.15, -0.1) is 0 Å². The highest BCUT2D eigenvalue weighted by Crippen LogP contribution is 2.29. The summed E-state index contributed by atoms with van der Waals surface area (Å²) in [5, 5.41) is 12.9. The van der Waals surface area contributed by atoms with E-state index in [0.29, 0.717) is 17.3 Å². The number of nitrogens with zero attached hydrogens (tertiary/aromatic N) is 4. The largest absolute Gasteiger partial charge is 0.338 e. The zero-order valence-electron chi connectivity index (χ0n) is 17.3. The van der Waals surface area contributed by atoms with Crippen LogP contribution in [0, 0.1) is 6.92 Å². The quantitative estimate of drug-likeness (QED) is 0.515. The van der Waals surface area contributed by atoms with Gasteiger partial charge in [-0.1, -0.05) is 44.2 Å². The van der Waals surface area contributed by atoms with Crippen LogP contribution >= 0.6 is 0 Å². The Kier molecular flexibility index (Phi) is 6.14. The lowest BCUT2D eigenvalue weighted by Crippen LogP contribution is -2.11. The molecular weight excluding hydrogens is 400 g/mol. The normalized spacial score (nSPS) is 11.1. The molecule has 9 heteroatoms. The number of fused-ring (bicyclic) bond motifs is 1. The smallest absolute Gasteiger partial charge is 0.238 e. The van der Waals surface area contributed by atoms with E-state index in [1.165, 1.54) is 12.1 Å². The van der Waals surface area contributed by atoms with E-state index in [2.05, 4.69) is 20.4 Å². The summed E-state index contributed by atoms with van der Waals surface area (Å²) in [6.45, 7) is 5.90. The average Bonchev–Trinajstić information content (AvgIpc) is 3.04. The summed E-state index contributed by atoms with van der Waals surface area (Å²) in [6, 6.07) is 15.8. The molecule has 2 heterocycles. The molecule has 4 rings (SSSR count). The van der Waals surface area contributed by atoms with E-state index < -0.39 is 10.0 Å². The molecule has 0 atom stereocenters. The zero-order valence-corrected chi connectivity index (χ0v) is 18.1. The van der Waals surface area contributed by atoms with Crippen LogP contribution < -0.4 is 10.5 Å². The third-order valence-electron chi connectivity index (χ3n) is 4.33. The topological polar surface area (TPSA) is 116 Å². The fraction of sp³-hybridized carbons (Fsp3) is 0.190. The number of benzene rings is 2. The molecule has 0 aliphatic carbocycles. The maximum Gasteiger partial charge on any atom is 0.238 e. The summed E-state index contributed by atoms with van der Waals surface area (Å²) < 4.78 is 24.6. The van der Waals surface area contributed by atoms with Gasteiger partial charge in [0.1, 0.15) is 11.0 Å². The van der Waals surface area contributed by atoms with Crippen LogP contribution in [0.3, 0.4) is 0 Å². The van der Waals surface area contributed by atoms with Crippen molar-refractivity contribution in [3.05, 3.63) is 60.3 Å². The van der Waals surface area contributed by atoms with Crippen molar-refractivity contribution >= 4 is 32.6 Å². The second-order valence-corrected chi connectivity index (χ2v) is 7.92. The predicted molar refractivity (Wildman–Crippen MR) is 119 cm³/mol. The Morgan fingerprint density at radius 1 is 0.967 bits per heavy atom. The van der Waals surface area contributed by atoms with Crippen molar-refractivity contribution in [1.29, 1.82) is 0 Å². The van der Waals surface area contributed by atoms with E-state index in [9.17, 15) is 8.42 Å². The van der Waals surface area contributed by atoms with Gasteiger partial charge in [-0.25, -0.2) is 23.5 Å². The van der Waals surface area contributed by atoms with Crippen molar-refractivity contribution in [2.24, 2.45) is 12.2 Å². The highest BCUT2D eigenvalue weighted by atomic mass is 32.2. The van der Waals surface area contributed by atoms with Gasteiger partial charge in [0, 0.05) is 18.3 Å². The fourth-order valence-electron chi connectivity index (χ4n) is 3.00. The van der Waals surface area contributed by atoms with E-state index in [1.54, 1.807) is 16.8 Å². The Bertz CT molecular complexity index is 1270. The van der Waals surface area contributed by atoms with Gasteiger partial charge in [0.2, 0.25) is 10.0 Å². The van der Waals surface area contributed by atoms with Crippen LogP contribution in [0.5, 0.6) is 0 Å². The van der Waals surface area contributed by atoms with E-state index in [-0.39, 0.29) is 4.90 Å². The van der Waals surface area contributed by atoms with Gasteiger partial charge in [0.15, 0.2) is 11.6 Å². The van der Waals surface area contributed by atoms with E-state index in [0.717, 1.165) is 22.3 Å². The van der Waals surface area contributed by atoms with Gasteiger partial charge >= 0.3 is 0 Å². The minimum absolute atomic E-state index is 0.0484. The molecule has 2 aromatic carbocycles. The maximum absolute atomic E-state index is 11.5. The van der Waals surface area contributed by atoms with Crippen LogP contribution in [0.25, 0.3) is 22.4 Å². The monoisotopic (exact) mass is 424 g/mol. The first-order chi connectivity index (χ1) is 14.3. The predicted octanol–water partition coefficient (Wildman–Crippen LogP) is 3.76.